The van der Waals surface area contributed by atoms with Gasteiger partial charge >= 0.3 is 0 Å². The average Bonchev–Trinajstić information content (AvgIpc) is 1.96. The summed E-state index contributed by atoms with van der Waals surface area (Å²) in [5.74, 6) is 0.0361. The van der Waals surface area contributed by atoms with Crippen molar-refractivity contribution >= 4 is 18.0 Å². The Morgan fingerprint density at radius 3 is 2.83 bits per heavy atom. The lowest BCUT2D eigenvalue weighted by Gasteiger charge is -2.01. The Kier molecular flexibility index (Phi) is 2.09. The molecule has 0 saturated heterocycles. The van der Waals surface area contributed by atoms with Crippen molar-refractivity contribution in [1.82, 2.24) is 9.97 Å². The molecule has 6 nitrogen and oxygen atoms in total. The van der Waals surface area contributed by atoms with Crippen LogP contribution in [0.4, 0.5) is 11.6 Å². The standard InChI is InChI=1S/C6H8N4O2/c1-3-4(8-2-11)5(12)10-6(7)9-3/h2H,1H3,(H,8,11)(H3,7,9,10,12). The predicted molar refractivity (Wildman–Crippen MR) is 43.7 cm³/mol. The van der Waals surface area contributed by atoms with E-state index in [1.807, 2.05) is 0 Å². The number of anilines is 2. The molecule has 1 heterocycles. The number of carbonyl (C=O) groups excluding carboxylic acids is 1. The number of amides is 1. The van der Waals surface area contributed by atoms with Crippen LogP contribution in [-0.2, 0) is 4.79 Å². The molecule has 1 aromatic heterocycles. The molecule has 4 N–H and O–H groups in total. The lowest BCUT2D eigenvalue weighted by atomic mass is 10.4. The Morgan fingerprint density at radius 2 is 2.33 bits per heavy atom. The molecule has 6 heteroatoms. The summed E-state index contributed by atoms with van der Waals surface area (Å²) >= 11 is 0. The maximum absolute atomic E-state index is 11.1. The number of H-pyrrole nitrogens is 1. The van der Waals surface area contributed by atoms with Crippen molar-refractivity contribution < 1.29 is 4.79 Å². The van der Waals surface area contributed by atoms with E-state index in [1.54, 1.807) is 6.92 Å². The normalized spacial score (nSPS) is 9.42. The molecule has 1 aromatic rings. The van der Waals surface area contributed by atoms with Crippen molar-refractivity contribution in [3.8, 4) is 0 Å². The van der Waals surface area contributed by atoms with Crippen molar-refractivity contribution in [2.45, 2.75) is 6.92 Å². The number of nitrogens with one attached hydrogen (secondary N) is 2. The maximum Gasteiger partial charge on any atom is 0.276 e. The van der Waals surface area contributed by atoms with Gasteiger partial charge in [0.1, 0.15) is 5.69 Å². The lowest BCUT2D eigenvalue weighted by molar-refractivity contribution is -0.105. The van der Waals surface area contributed by atoms with Gasteiger partial charge in [0.15, 0.2) is 0 Å². The van der Waals surface area contributed by atoms with Crippen LogP contribution in [0.15, 0.2) is 4.79 Å². The summed E-state index contributed by atoms with van der Waals surface area (Å²) < 4.78 is 0. The van der Waals surface area contributed by atoms with Crippen molar-refractivity contribution in [2.75, 3.05) is 11.1 Å². The fraction of sp³-hybridized carbons (Fsp3) is 0.167. The van der Waals surface area contributed by atoms with E-state index in [9.17, 15) is 9.59 Å². The smallest absolute Gasteiger partial charge is 0.276 e. The summed E-state index contributed by atoms with van der Waals surface area (Å²) in [6.45, 7) is 1.58. The van der Waals surface area contributed by atoms with Gasteiger partial charge in [0, 0.05) is 0 Å². The van der Waals surface area contributed by atoms with Gasteiger partial charge < -0.3 is 11.1 Å². The first-order valence-corrected chi connectivity index (χ1v) is 3.21. The van der Waals surface area contributed by atoms with Gasteiger partial charge in [-0.25, -0.2) is 4.98 Å². The maximum atomic E-state index is 11.1. The fourth-order valence-electron chi connectivity index (χ4n) is 0.837. The van der Waals surface area contributed by atoms with E-state index < -0.39 is 5.56 Å². The number of carbonyl (C=O) groups is 1. The highest BCUT2D eigenvalue weighted by Crippen LogP contribution is 2.03. The predicted octanol–water partition coefficient (Wildman–Crippen LogP) is -0.771. The molecule has 0 fully saturated rings. The van der Waals surface area contributed by atoms with Gasteiger partial charge in [0.25, 0.3) is 5.56 Å². The van der Waals surface area contributed by atoms with Crippen molar-refractivity contribution in [3.05, 3.63) is 16.0 Å². The number of aryl methyl sites for hydroxylation is 1. The number of rotatable bonds is 2. The van der Waals surface area contributed by atoms with Gasteiger partial charge in [-0.15, -0.1) is 0 Å². The van der Waals surface area contributed by atoms with Gasteiger partial charge in [-0.3, -0.25) is 14.6 Å². The molecular weight excluding hydrogens is 160 g/mol. The zero-order chi connectivity index (χ0) is 9.14. The molecule has 0 aromatic carbocycles. The molecule has 64 valence electrons. The van der Waals surface area contributed by atoms with Gasteiger partial charge in [-0.2, -0.15) is 0 Å². The van der Waals surface area contributed by atoms with Gasteiger partial charge in [-0.05, 0) is 6.92 Å². The second kappa shape index (κ2) is 3.04. The number of aromatic nitrogens is 2. The SMILES string of the molecule is Cc1nc(N)[nH]c(=O)c1NC=O. The van der Waals surface area contributed by atoms with Crippen LogP contribution in [0.25, 0.3) is 0 Å². The summed E-state index contributed by atoms with van der Waals surface area (Å²) in [5, 5.41) is 2.23. The minimum Gasteiger partial charge on any atom is -0.369 e. The molecule has 0 unspecified atom stereocenters. The largest absolute Gasteiger partial charge is 0.369 e. The number of nitrogens with two attached hydrogens (primary N) is 1. The molecule has 0 atom stereocenters. The van der Waals surface area contributed by atoms with E-state index in [-0.39, 0.29) is 11.6 Å². The first-order valence-electron chi connectivity index (χ1n) is 3.21. The minimum absolute atomic E-state index is 0.0361. The third kappa shape index (κ3) is 1.42. The highest BCUT2D eigenvalue weighted by molar-refractivity contribution is 5.71. The summed E-state index contributed by atoms with van der Waals surface area (Å²) in [7, 11) is 0. The number of nitrogen functional groups attached to an aromatic ring is 1. The highest BCUT2D eigenvalue weighted by Gasteiger charge is 2.04. The Labute approximate surface area is 67.8 Å². The Bertz CT molecular complexity index is 357. The van der Waals surface area contributed by atoms with Crippen LogP contribution in [0.1, 0.15) is 5.69 Å². The topological polar surface area (TPSA) is 101 Å². The number of aromatic amines is 1. The molecule has 0 saturated carbocycles. The zero-order valence-electron chi connectivity index (χ0n) is 6.42. The quantitative estimate of drug-likeness (QED) is 0.504. The Hall–Kier alpha value is -1.85. The third-order valence-corrected chi connectivity index (χ3v) is 1.32. The third-order valence-electron chi connectivity index (χ3n) is 1.32. The van der Waals surface area contributed by atoms with Crippen LogP contribution >= 0.6 is 0 Å². The van der Waals surface area contributed by atoms with E-state index in [1.165, 1.54) is 0 Å². The fourth-order valence-corrected chi connectivity index (χ4v) is 0.837. The molecule has 0 aliphatic carbocycles. The summed E-state index contributed by atoms with van der Waals surface area (Å²) in [4.78, 5) is 27.1. The molecule has 0 radical (unpaired) electrons. The average molecular weight is 168 g/mol. The molecular formula is C6H8N4O2. The Balaban J connectivity index is 3.28. The van der Waals surface area contributed by atoms with E-state index in [4.69, 9.17) is 5.73 Å². The second-order valence-corrected chi connectivity index (χ2v) is 2.17. The zero-order valence-corrected chi connectivity index (χ0v) is 6.42. The van der Waals surface area contributed by atoms with Crippen molar-refractivity contribution in [1.29, 1.82) is 0 Å². The summed E-state index contributed by atoms with van der Waals surface area (Å²) in [6, 6.07) is 0. The molecule has 0 bridgehead atoms. The lowest BCUT2D eigenvalue weighted by Crippen LogP contribution is -2.18. The van der Waals surface area contributed by atoms with E-state index in [0.29, 0.717) is 12.1 Å². The van der Waals surface area contributed by atoms with E-state index in [2.05, 4.69) is 15.3 Å². The first kappa shape index (κ1) is 8.25. The molecule has 0 aliphatic heterocycles. The van der Waals surface area contributed by atoms with Crippen LogP contribution in [0.3, 0.4) is 0 Å². The van der Waals surface area contributed by atoms with Crippen LogP contribution in [0, 0.1) is 6.92 Å². The van der Waals surface area contributed by atoms with Gasteiger partial charge in [0.2, 0.25) is 12.4 Å². The van der Waals surface area contributed by atoms with Crippen molar-refractivity contribution in [2.24, 2.45) is 0 Å². The highest BCUT2D eigenvalue weighted by atomic mass is 16.1. The molecule has 0 aliphatic rings. The number of nitrogens with zero attached hydrogens (tertiary/aromatic N) is 1. The van der Waals surface area contributed by atoms with E-state index >= 15 is 0 Å². The molecule has 1 rings (SSSR count). The molecule has 0 spiro atoms. The second-order valence-electron chi connectivity index (χ2n) is 2.17. The van der Waals surface area contributed by atoms with Crippen molar-refractivity contribution in [3.63, 3.8) is 0 Å². The monoisotopic (exact) mass is 168 g/mol. The summed E-state index contributed by atoms with van der Waals surface area (Å²) in [5.41, 5.74) is 5.31. The molecule has 1 amide bonds. The van der Waals surface area contributed by atoms with Crippen LogP contribution < -0.4 is 16.6 Å². The Morgan fingerprint density at radius 1 is 1.67 bits per heavy atom. The van der Waals surface area contributed by atoms with Crippen LogP contribution in [0.2, 0.25) is 0 Å². The van der Waals surface area contributed by atoms with E-state index in [0.717, 1.165) is 0 Å². The number of hydrogen-bond donors (Lipinski definition) is 3. The van der Waals surface area contributed by atoms with Gasteiger partial charge in [0.05, 0.1) is 5.69 Å². The molecule has 12 heavy (non-hydrogen) atoms. The first-order chi connectivity index (χ1) is 5.65. The van der Waals surface area contributed by atoms with Crippen LogP contribution in [-0.4, -0.2) is 16.4 Å². The summed E-state index contributed by atoms with van der Waals surface area (Å²) in [6.07, 6.45) is 0.412. The minimum atomic E-state index is -0.452. The van der Waals surface area contributed by atoms with Crippen LogP contribution in [0.5, 0.6) is 0 Å². The number of hydrogen-bond acceptors (Lipinski definition) is 4. The van der Waals surface area contributed by atoms with Gasteiger partial charge in [-0.1, -0.05) is 0 Å².